The second kappa shape index (κ2) is 5.45. The highest BCUT2D eigenvalue weighted by molar-refractivity contribution is 5.85. The number of rotatable bonds is 4. The summed E-state index contributed by atoms with van der Waals surface area (Å²) >= 11 is 0. The molecule has 0 saturated carbocycles. The van der Waals surface area contributed by atoms with Crippen LogP contribution in [0.25, 0.3) is 22.0 Å². The van der Waals surface area contributed by atoms with E-state index in [4.69, 9.17) is 5.73 Å². The lowest BCUT2D eigenvalue weighted by molar-refractivity contribution is -0.141. The van der Waals surface area contributed by atoms with Gasteiger partial charge < -0.3 is 10.7 Å². The van der Waals surface area contributed by atoms with Crippen LogP contribution in [-0.2, 0) is 17.5 Å². The summed E-state index contributed by atoms with van der Waals surface area (Å²) in [5.74, 6) is -0.594. The van der Waals surface area contributed by atoms with E-state index in [1.165, 1.54) is 6.20 Å². The molecule has 5 nitrogen and oxygen atoms in total. The van der Waals surface area contributed by atoms with Crippen LogP contribution in [0.4, 0.5) is 13.2 Å². The second-order valence-electron chi connectivity index (χ2n) is 5.15. The third-order valence-electron chi connectivity index (χ3n) is 3.48. The summed E-state index contributed by atoms with van der Waals surface area (Å²) in [5, 5.41) is 4.48. The van der Waals surface area contributed by atoms with Crippen LogP contribution in [0.3, 0.4) is 0 Å². The molecule has 120 valence electrons. The van der Waals surface area contributed by atoms with E-state index in [2.05, 4.69) is 10.1 Å². The van der Waals surface area contributed by atoms with Crippen molar-refractivity contribution in [3.8, 4) is 11.1 Å². The zero-order chi connectivity index (χ0) is 16.6. The molecule has 0 atom stereocenters. The van der Waals surface area contributed by atoms with Gasteiger partial charge in [0.15, 0.2) is 5.69 Å². The Labute approximate surface area is 128 Å². The van der Waals surface area contributed by atoms with Crippen molar-refractivity contribution in [1.82, 2.24) is 14.8 Å². The molecule has 0 aliphatic carbocycles. The van der Waals surface area contributed by atoms with E-state index in [-0.39, 0.29) is 18.5 Å². The minimum atomic E-state index is -4.59. The SMILES string of the molecule is NC(=O)CCn1cc(-c2ccc3cc[nH]c3c2)c(C(F)(F)F)n1. The highest BCUT2D eigenvalue weighted by Gasteiger charge is 2.37. The summed E-state index contributed by atoms with van der Waals surface area (Å²) in [6.07, 6.45) is -1.66. The second-order valence-corrected chi connectivity index (χ2v) is 5.15. The maximum Gasteiger partial charge on any atom is 0.435 e. The smallest absolute Gasteiger partial charge is 0.370 e. The molecule has 0 bridgehead atoms. The van der Waals surface area contributed by atoms with E-state index >= 15 is 0 Å². The lowest BCUT2D eigenvalue weighted by Crippen LogP contribution is -2.15. The number of nitrogens with one attached hydrogen (secondary N) is 1. The zero-order valence-corrected chi connectivity index (χ0v) is 11.9. The van der Waals surface area contributed by atoms with Gasteiger partial charge in [0.05, 0.1) is 0 Å². The average molecular weight is 322 g/mol. The van der Waals surface area contributed by atoms with Gasteiger partial charge >= 0.3 is 6.18 Å². The topological polar surface area (TPSA) is 76.7 Å². The first-order valence-corrected chi connectivity index (χ1v) is 6.85. The van der Waals surface area contributed by atoms with Crippen LogP contribution in [-0.4, -0.2) is 20.7 Å². The lowest BCUT2D eigenvalue weighted by Gasteiger charge is -2.06. The average Bonchev–Trinajstić information content (AvgIpc) is 3.10. The summed E-state index contributed by atoms with van der Waals surface area (Å²) in [4.78, 5) is 13.8. The molecule has 0 saturated heterocycles. The van der Waals surface area contributed by atoms with Gasteiger partial charge in [-0.25, -0.2) is 0 Å². The summed E-state index contributed by atoms with van der Waals surface area (Å²) in [6.45, 7) is 0.00313. The number of primary amides is 1. The van der Waals surface area contributed by atoms with E-state index in [9.17, 15) is 18.0 Å². The molecule has 8 heteroatoms. The number of hydrogen-bond donors (Lipinski definition) is 2. The van der Waals surface area contributed by atoms with Crippen LogP contribution >= 0.6 is 0 Å². The van der Waals surface area contributed by atoms with Crippen LogP contribution in [0.2, 0.25) is 0 Å². The Morgan fingerprint density at radius 2 is 2.09 bits per heavy atom. The van der Waals surface area contributed by atoms with Gasteiger partial charge in [0.1, 0.15) is 0 Å². The number of hydrogen-bond acceptors (Lipinski definition) is 2. The number of fused-ring (bicyclic) bond motifs is 1. The molecule has 3 aromatic rings. The third-order valence-corrected chi connectivity index (χ3v) is 3.48. The van der Waals surface area contributed by atoms with Crippen molar-refractivity contribution < 1.29 is 18.0 Å². The van der Waals surface area contributed by atoms with E-state index < -0.39 is 17.8 Å². The quantitative estimate of drug-likeness (QED) is 0.775. The molecule has 0 aliphatic rings. The van der Waals surface area contributed by atoms with Crippen molar-refractivity contribution in [1.29, 1.82) is 0 Å². The Morgan fingerprint density at radius 3 is 2.78 bits per heavy atom. The van der Waals surface area contributed by atoms with Crippen molar-refractivity contribution in [3.05, 3.63) is 42.4 Å². The van der Waals surface area contributed by atoms with Gasteiger partial charge in [-0.3, -0.25) is 9.48 Å². The first-order valence-electron chi connectivity index (χ1n) is 6.85. The molecule has 2 heterocycles. The van der Waals surface area contributed by atoms with Crippen LogP contribution in [0, 0.1) is 0 Å². The number of aromatic nitrogens is 3. The van der Waals surface area contributed by atoms with Gasteiger partial charge in [-0.1, -0.05) is 12.1 Å². The summed E-state index contributed by atoms with van der Waals surface area (Å²) in [5.41, 5.74) is 5.16. The number of nitrogens with zero attached hydrogens (tertiary/aromatic N) is 2. The fourth-order valence-corrected chi connectivity index (χ4v) is 2.40. The summed E-state index contributed by atoms with van der Waals surface area (Å²) in [7, 11) is 0. The molecule has 2 aromatic heterocycles. The van der Waals surface area contributed by atoms with Crippen LogP contribution in [0.15, 0.2) is 36.7 Å². The molecule has 1 amide bonds. The number of carbonyl (C=O) groups is 1. The normalized spacial score (nSPS) is 12.0. The number of benzene rings is 1. The zero-order valence-electron chi connectivity index (χ0n) is 11.9. The molecule has 3 rings (SSSR count). The van der Waals surface area contributed by atoms with Crippen LogP contribution < -0.4 is 5.73 Å². The van der Waals surface area contributed by atoms with Gasteiger partial charge in [0.25, 0.3) is 0 Å². The maximum atomic E-state index is 13.2. The Balaban J connectivity index is 2.06. The number of carbonyl (C=O) groups excluding carboxylic acids is 1. The minimum Gasteiger partial charge on any atom is -0.370 e. The fourth-order valence-electron chi connectivity index (χ4n) is 2.40. The number of alkyl halides is 3. The standard InChI is InChI=1S/C15H13F3N4O/c16-15(17,18)14-11(8-22(21-14)6-4-13(19)23)10-2-1-9-3-5-20-12(9)7-10/h1-3,5,7-8,20H,4,6H2,(H2,19,23). The van der Waals surface area contributed by atoms with Crippen LogP contribution in [0.1, 0.15) is 12.1 Å². The molecule has 0 unspecified atom stereocenters. The van der Waals surface area contributed by atoms with Crippen LogP contribution in [0.5, 0.6) is 0 Å². The number of halogens is 3. The van der Waals surface area contributed by atoms with Crippen molar-refractivity contribution in [2.45, 2.75) is 19.1 Å². The molecule has 3 N–H and O–H groups in total. The predicted molar refractivity (Wildman–Crippen MR) is 78.3 cm³/mol. The number of nitrogens with two attached hydrogens (primary N) is 1. The first kappa shape index (κ1) is 15.1. The van der Waals surface area contributed by atoms with Crippen molar-refractivity contribution in [2.75, 3.05) is 0 Å². The van der Waals surface area contributed by atoms with Crippen molar-refractivity contribution in [3.63, 3.8) is 0 Å². The van der Waals surface area contributed by atoms with Crippen molar-refractivity contribution >= 4 is 16.8 Å². The minimum absolute atomic E-state index is 0.00313. The molecule has 23 heavy (non-hydrogen) atoms. The fraction of sp³-hybridized carbons (Fsp3) is 0.200. The monoisotopic (exact) mass is 322 g/mol. The maximum absolute atomic E-state index is 13.2. The van der Waals surface area contributed by atoms with Gasteiger partial charge in [-0.2, -0.15) is 18.3 Å². The highest BCUT2D eigenvalue weighted by Crippen LogP contribution is 2.36. The largest absolute Gasteiger partial charge is 0.435 e. The lowest BCUT2D eigenvalue weighted by atomic mass is 10.0. The molecule has 0 spiro atoms. The Morgan fingerprint density at radius 1 is 1.30 bits per heavy atom. The van der Waals surface area contributed by atoms with E-state index in [0.717, 1.165) is 15.6 Å². The molecular formula is C15H13F3N4O. The molecule has 1 aromatic carbocycles. The molecule has 0 aliphatic heterocycles. The van der Waals surface area contributed by atoms with Gasteiger partial charge in [0, 0.05) is 36.4 Å². The summed E-state index contributed by atoms with van der Waals surface area (Å²) in [6, 6.07) is 6.82. The molecular weight excluding hydrogens is 309 g/mol. The Kier molecular flexibility index (Phi) is 3.59. The van der Waals surface area contributed by atoms with Gasteiger partial charge in [0.2, 0.25) is 5.91 Å². The molecule has 0 fully saturated rings. The van der Waals surface area contributed by atoms with Gasteiger partial charge in [-0.05, 0) is 23.1 Å². The van der Waals surface area contributed by atoms with E-state index in [0.29, 0.717) is 5.56 Å². The number of aromatic amines is 1. The Hall–Kier alpha value is -2.77. The first-order chi connectivity index (χ1) is 10.8. The van der Waals surface area contributed by atoms with E-state index in [1.807, 2.05) is 6.07 Å². The molecule has 0 radical (unpaired) electrons. The number of amides is 1. The number of aryl methyl sites for hydroxylation is 1. The van der Waals surface area contributed by atoms with E-state index in [1.54, 1.807) is 24.4 Å². The highest BCUT2D eigenvalue weighted by atomic mass is 19.4. The Bertz CT molecular complexity index is 863. The summed E-state index contributed by atoms with van der Waals surface area (Å²) < 4.78 is 40.8. The third kappa shape index (κ3) is 3.05. The predicted octanol–water partition coefficient (Wildman–Crippen LogP) is 2.93. The number of H-pyrrole nitrogens is 1. The van der Waals surface area contributed by atoms with Gasteiger partial charge in [-0.15, -0.1) is 0 Å². The van der Waals surface area contributed by atoms with Crippen molar-refractivity contribution in [2.24, 2.45) is 5.73 Å².